The predicted molar refractivity (Wildman–Crippen MR) is 521 cm³/mol. The molecule has 1 aromatic carbocycles. The van der Waals surface area contributed by atoms with E-state index in [2.05, 4.69) is 104 Å². The third-order valence-electron chi connectivity index (χ3n) is 47.5. The number of carbonyl (C=O) groups excluding carboxylic acids is 6. The zero-order valence-electron chi connectivity index (χ0n) is 87.8. The predicted octanol–water partition coefficient (Wildman–Crippen LogP) is 17.4. The average Bonchev–Trinajstić information content (AvgIpc) is 1.46. The summed E-state index contributed by atoms with van der Waals surface area (Å²) in [6, 6.07) is 7.07. The van der Waals surface area contributed by atoms with Crippen LogP contribution in [0.1, 0.15) is 322 Å². The number of fused-ring (bicyclic) bond motifs is 13. The van der Waals surface area contributed by atoms with Crippen molar-refractivity contribution in [2.24, 2.45) is 176 Å². The van der Waals surface area contributed by atoms with Crippen LogP contribution >= 0.6 is 0 Å². The van der Waals surface area contributed by atoms with Gasteiger partial charge in [-0.2, -0.15) is 0 Å². The molecule has 25 heteroatoms. The lowest BCUT2D eigenvalue weighted by molar-refractivity contribution is -0.248. The van der Waals surface area contributed by atoms with Gasteiger partial charge in [-0.1, -0.05) is 158 Å². The van der Waals surface area contributed by atoms with Gasteiger partial charge in [0, 0.05) is 61.6 Å². The van der Waals surface area contributed by atoms with Gasteiger partial charge < -0.3 is 83.2 Å². The molecule has 21 fully saturated rings. The smallest absolute Gasteiger partial charge is 0.261 e. The van der Waals surface area contributed by atoms with Crippen molar-refractivity contribution < 1.29 is 88.1 Å². The summed E-state index contributed by atoms with van der Waals surface area (Å²) in [5.74, 6) is 5.33. The molecule has 23 rings (SSSR count). The van der Waals surface area contributed by atoms with E-state index in [4.69, 9.17) is 59.4 Å². The Labute approximate surface area is 825 Å². The number of hydrogen-bond acceptors (Lipinski definition) is 21. The molecular formula is C113H177N7O18. The van der Waals surface area contributed by atoms with Crippen molar-refractivity contribution in [1.29, 1.82) is 11.1 Å². The molecule has 6 saturated heterocycles. The number of aldehydes is 1. The molecule has 5 amide bonds. The molecule has 15 saturated carbocycles. The maximum atomic E-state index is 13.3. The number of nitrogens with two attached hydrogens (primary N) is 1. The van der Waals surface area contributed by atoms with Gasteiger partial charge >= 0.3 is 0 Å². The summed E-state index contributed by atoms with van der Waals surface area (Å²) < 4.78 is 58.6. The highest BCUT2D eigenvalue weighted by molar-refractivity contribution is 6.21. The number of nitrogens with zero attached hydrogens (tertiary/aromatic N) is 4. The molecule has 138 heavy (non-hydrogen) atoms. The van der Waals surface area contributed by atoms with Crippen LogP contribution in [0.4, 0.5) is 0 Å². The Morgan fingerprint density at radius 2 is 0.739 bits per heavy atom. The van der Waals surface area contributed by atoms with Crippen LogP contribution in [-0.4, -0.2) is 235 Å². The lowest BCUT2D eigenvalue weighted by Gasteiger charge is -2.64. The van der Waals surface area contributed by atoms with E-state index in [1.54, 1.807) is 24.3 Å². The minimum absolute atomic E-state index is 0. The molecule has 7 aliphatic heterocycles. The quantitative estimate of drug-likeness (QED) is 0.0607. The van der Waals surface area contributed by atoms with Crippen molar-refractivity contribution in [3.63, 3.8) is 0 Å². The molecule has 25 nitrogen and oxygen atoms in total. The third kappa shape index (κ3) is 13.8. The largest absolute Gasteiger partial charge is 0.390 e. The van der Waals surface area contributed by atoms with Crippen LogP contribution in [0, 0.1) is 181 Å². The van der Waals surface area contributed by atoms with Crippen LogP contribution in [-0.2, 0) is 61.8 Å². The van der Waals surface area contributed by atoms with Crippen LogP contribution in [0.15, 0.2) is 24.3 Å². The number of imide groups is 1. The molecule has 772 valence electrons. The number of nitrogens with one attached hydrogen (secondary N) is 2. The van der Waals surface area contributed by atoms with Crippen molar-refractivity contribution in [3.05, 3.63) is 35.4 Å². The number of aliphatic hydroxyl groups excluding tert-OH is 3. The fourth-order valence-electron chi connectivity index (χ4n) is 41.1. The Morgan fingerprint density at radius 1 is 0.442 bits per heavy atom. The summed E-state index contributed by atoms with van der Waals surface area (Å²) in [5, 5.41) is 37.0. The number of aliphatic hydroxyl groups is 3. The molecule has 0 bridgehead atoms. The molecule has 39 atom stereocenters. The summed E-state index contributed by atoms with van der Waals surface area (Å²) in [6.07, 6.45) is 24.6. The van der Waals surface area contributed by atoms with E-state index < -0.39 is 18.3 Å². The highest BCUT2D eigenvalue weighted by Crippen LogP contribution is 2.93. The minimum Gasteiger partial charge on any atom is -0.390 e. The van der Waals surface area contributed by atoms with Crippen molar-refractivity contribution in [1.82, 2.24) is 19.6 Å². The van der Waals surface area contributed by atoms with Crippen LogP contribution in [0.5, 0.6) is 0 Å². The van der Waals surface area contributed by atoms with Gasteiger partial charge in [-0.15, -0.1) is 0 Å². The van der Waals surface area contributed by atoms with Crippen LogP contribution < -0.4 is 5.73 Å². The Morgan fingerprint density at radius 3 is 1.06 bits per heavy atom. The number of morpholine rings is 3. The average molecular weight is 1920 g/mol. The molecule has 7 N–H and O–H groups in total. The zero-order valence-corrected chi connectivity index (χ0v) is 87.8. The summed E-state index contributed by atoms with van der Waals surface area (Å²) in [6.45, 7) is 54.0. The normalized spacial score (nSPS) is 50.9. The van der Waals surface area contributed by atoms with E-state index >= 15 is 0 Å². The maximum Gasteiger partial charge on any atom is 0.261 e. The topological polar surface area (TPSA) is 333 Å². The standard InChI is InChI=1S/C43H60N2O7.C35H58N2O5.C35H55NO6.H2N2.H2/c1-24(2)36(47)44-18-19-50-32(22-44)52-31-14-15-42-23-43(42)17-16-40(6)33-25(3)20-26(21-45-37(48)27-10-8-9-11-28(27)38(45)49)51-34(33)35(46)41(40,7)30(43)13-12-29(42)39(31,4)5;1-20(2)30(39)37-14-15-40-26(18-37)42-25-10-11-34-19-35(34)13-12-32(6)27-21(3)16-22(17-36)41-28(27)29(38)33(32,7)24(35)9-8-23(34)31(25,4)5;1-20(2)30(39)36-14-15-40-26(17-36)42-25-10-11-34-19-35(34)13-12-32(6)27-21(3)16-22(18-37)41-28(27)29(38)33(32,7)24(35)9-8-23(34)31(25,4)5;1-2;/h8-11,24-26,29-35,46H,12-23H2,1-7H3;20-29,38H,8-19,36H2,1-7H3;18,20-29,38H,8-17,19H2,1-7H3;1-2H;1H/t25-,26-,29+,30+,31+,32+,33+,34+,35+,40-,41-,42-,43+;2*21-,22-,23+,24+,25+,26+,27+,28+,29+,32-,33-,34-,35+;;/m111../s1. The van der Waals surface area contributed by atoms with Crippen molar-refractivity contribution in [3.8, 4) is 0 Å². The van der Waals surface area contributed by atoms with Gasteiger partial charge in [0.25, 0.3) is 11.8 Å². The van der Waals surface area contributed by atoms with E-state index in [0.29, 0.717) is 158 Å². The molecular weight excluding hydrogens is 1740 g/mol. The van der Waals surface area contributed by atoms with E-state index in [1.807, 2.05) is 56.2 Å². The Bertz CT molecular complexity index is 4810. The lowest BCUT2D eigenvalue weighted by Crippen LogP contribution is -2.60. The first-order valence-corrected chi connectivity index (χ1v) is 55.2. The van der Waals surface area contributed by atoms with E-state index in [1.165, 1.54) is 81.9 Å². The SMILES string of the molecule is CC(C)C(=O)N1CCO[C@@H](O[C@H]2CC[C@]34C[C@]35CC[C@]3(C)[C@@H]6[C@H](O[C@@H](C=O)C[C@H]6C)[C@H](O)[C@@]3(C)[C@@H]5CC[C@H]4C2(C)C)C1.CC(C)C(=O)N1CCO[C@@H](O[C@H]2CC[C@]34C[C@]35CC[C@]3(C)[C@@H]6[C@H](O[C@@H](CN)C[C@H]6C)[C@H](O)[C@@]3(C)[C@@H]5CC[C@H]4C2(C)C)C1.CC(C)C(=O)N1CCO[C@@H](O[C@H]2CC[C@]34C[C@]35CC[C@]3(C)[C@@H]6[C@H](O[C@@H](CN7C(=O)c8ccccc8C7=O)C[C@H]6C)[C@H](O)[C@@]3(C)[C@@H]5CC[C@H]4C2(C)C)C1.N=N.[HH]. The second-order valence-electron chi connectivity index (χ2n) is 54.1. The van der Waals surface area contributed by atoms with Crippen LogP contribution in [0.25, 0.3) is 0 Å². The zero-order chi connectivity index (χ0) is 98.8. The van der Waals surface area contributed by atoms with E-state index in [9.17, 15) is 44.1 Å². The number of amides is 5. The highest BCUT2D eigenvalue weighted by atomic mass is 16.7. The summed E-state index contributed by atoms with van der Waals surface area (Å²) in [7, 11) is 0. The maximum absolute atomic E-state index is 13.3. The Hall–Kier alpha value is -4.48. The van der Waals surface area contributed by atoms with Gasteiger partial charge in [-0.25, -0.2) is 11.1 Å². The Balaban J connectivity index is 0.000000132. The number of rotatable bonds is 13. The van der Waals surface area contributed by atoms with Crippen LogP contribution in [0.2, 0.25) is 0 Å². The van der Waals surface area contributed by atoms with Crippen molar-refractivity contribution in [2.45, 2.75) is 392 Å². The van der Waals surface area contributed by atoms with Gasteiger partial charge in [0.15, 0.2) is 18.9 Å². The number of benzene rings is 1. The molecule has 6 spiro atoms. The molecule has 0 radical (unpaired) electrons. The summed E-state index contributed by atoms with van der Waals surface area (Å²) >= 11 is 0. The number of carbonyl (C=O) groups is 6. The molecule has 7 heterocycles. The number of ether oxygens (including phenoxy) is 9. The summed E-state index contributed by atoms with van der Waals surface area (Å²) in [5.41, 5.74) is 18.3. The van der Waals surface area contributed by atoms with Gasteiger partial charge in [-0.05, 0) is 302 Å². The fraction of sp³-hybridized carbons (Fsp3) is 0.894. The van der Waals surface area contributed by atoms with Gasteiger partial charge in [-0.3, -0.25) is 28.9 Å². The second kappa shape index (κ2) is 34.6. The molecule has 15 aliphatic carbocycles. The van der Waals surface area contributed by atoms with E-state index in [0.717, 1.165) is 83.3 Å². The molecule has 1 aromatic rings. The first-order valence-electron chi connectivity index (χ1n) is 55.2. The highest BCUT2D eigenvalue weighted by Gasteiger charge is 2.89. The minimum atomic E-state index is -0.598. The monoisotopic (exact) mass is 1920 g/mol. The fourth-order valence-corrected chi connectivity index (χ4v) is 41.1. The summed E-state index contributed by atoms with van der Waals surface area (Å²) in [4.78, 5) is 83.6. The first kappa shape index (κ1) is 101. The van der Waals surface area contributed by atoms with Gasteiger partial charge in [0.05, 0.1) is 124 Å². The number of hydrogen-bond donors (Lipinski definition) is 6. The van der Waals surface area contributed by atoms with Crippen molar-refractivity contribution in [2.75, 3.05) is 72.2 Å². The first-order chi connectivity index (χ1) is 65.1. The van der Waals surface area contributed by atoms with Crippen molar-refractivity contribution >= 4 is 35.8 Å². The lowest BCUT2D eigenvalue weighted by atomic mass is 9.41. The second-order valence-corrected chi connectivity index (χ2v) is 54.1. The molecule has 0 aromatic heterocycles. The third-order valence-corrected chi connectivity index (χ3v) is 47.5. The van der Waals surface area contributed by atoms with Gasteiger partial charge in [0.1, 0.15) is 12.4 Å². The van der Waals surface area contributed by atoms with E-state index in [-0.39, 0.29) is 200 Å². The molecule has 0 unspecified atom stereocenters. The van der Waals surface area contributed by atoms with Crippen LogP contribution in [0.3, 0.4) is 0 Å². The van der Waals surface area contributed by atoms with Gasteiger partial charge in [0.2, 0.25) is 17.7 Å². The Kier molecular flexibility index (Phi) is 25.2. The molecule has 22 aliphatic rings.